The Kier molecular flexibility index (Phi) is 10.4. The molecular weight excluding hydrogens is 642 g/mol. The van der Waals surface area contributed by atoms with E-state index in [4.69, 9.17) is 0 Å². The Morgan fingerprint density at radius 3 is 2.34 bits per heavy atom. The first-order chi connectivity index (χ1) is 20.8. The summed E-state index contributed by atoms with van der Waals surface area (Å²) in [7, 11) is -3.71. The highest BCUT2D eigenvalue weighted by molar-refractivity contribution is 7.99. The van der Waals surface area contributed by atoms with Crippen molar-refractivity contribution in [2.45, 2.75) is 43.5 Å². The fourth-order valence-electron chi connectivity index (χ4n) is 3.97. The van der Waals surface area contributed by atoms with Crippen LogP contribution < -0.4 is 10.6 Å². The molecule has 0 aliphatic heterocycles. The van der Waals surface area contributed by atoms with Crippen LogP contribution in [0.5, 0.6) is 0 Å². The number of hydrogen-bond acceptors (Lipinski definition) is 10. The van der Waals surface area contributed by atoms with Crippen LogP contribution in [0.25, 0.3) is 5.69 Å². The molecule has 0 radical (unpaired) electrons. The Balaban J connectivity index is 1.54. The molecular formula is C26H27F3N8O4S3. The predicted octanol–water partition coefficient (Wildman–Crippen LogP) is 4.14. The highest BCUT2D eigenvalue weighted by Crippen LogP contribution is 2.32. The molecule has 2 aromatic carbocycles. The van der Waals surface area contributed by atoms with Gasteiger partial charge in [0.15, 0.2) is 11.0 Å². The van der Waals surface area contributed by atoms with Crippen LogP contribution in [0.4, 0.5) is 18.3 Å². The van der Waals surface area contributed by atoms with Gasteiger partial charge in [0, 0.05) is 18.7 Å². The van der Waals surface area contributed by atoms with Gasteiger partial charge in [-0.1, -0.05) is 43.0 Å². The summed E-state index contributed by atoms with van der Waals surface area (Å²) in [6.07, 6.45) is -4.61. The third kappa shape index (κ3) is 7.79. The number of anilines is 1. The summed E-state index contributed by atoms with van der Waals surface area (Å²) in [5.74, 6) is -1.08. The molecule has 234 valence electrons. The highest BCUT2D eigenvalue weighted by Gasteiger charge is 2.31. The quantitative estimate of drug-likeness (QED) is 0.212. The molecule has 2 amide bonds. The lowest BCUT2D eigenvalue weighted by Crippen LogP contribution is -2.30. The van der Waals surface area contributed by atoms with Gasteiger partial charge in [-0.25, -0.2) is 8.42 Å². The maximum atomic E-state index is 13.5. The number of benzene rings is 2. The molecule has 44 heavy (non-hydrogen) atoms. The first kappa shape index (κ1) is 33.0. The number of carbonyl (C=O) groups is 2. The number of aromatic nitrogens is 5. The molecule has 0 spiro atoms. The summed E-state index contributed by atoms with van der Waals surface area (Å²) < 4.78 is 68.6. The molecule has 4 rings (SSSR count). The van der Waals surface area contributed by atoms with Gasteiger partial charge in [0.25, 0.3) is 5.91 Å². The molecule has 0 bridgehead atoms. The second kappa shape index (κ2) is 13.8. The lowest BCUT2D eigenvalue weighted by Gasteiger charge is -2.18. The first-order valence-electron chi connectivity index (χ1n) is 13.1. The zero-order valence-electron chi connectivity index (χ0n) is 23.6. The van der Waals surface area contributed by atoms with Crippen molar-refractivity contribution >= 4 is 50.1 Å². The van der Waals surface area contributed by atoms with Crippen LogP contribution in [0.3, 0.4) is 0 Å². The number of nitrogens with zero attached hydrogens (tertiary/aromatic N) is 6. The lowest BCUT2D eigenvalue weighted by molar-refractivity contribution is -0.137. The number of sulfonamides is 1. The SMILES string of the molecule is CCN(CC)S(=O)(=O)c1ccc(C(=O)NCc2nnc(SCC(=O)Nc3nnc(C)s3)n2-c2cccc(C(F)(F)F)c2)cc1. The minimum absolute atomic E-state index is 0.0361. The van der Waals surface area contributed by atoms with E-state index in [-0.39, 0.29) is 39.4 Å². The average molecular weight is 669 g/mol. The molecule has 0 saturated heterocycles. The number of hydrogen-bond donors (Lipinski definition) is 2. The fourth-order valence-corrected chi connectivity index (χ4v) is 6.81. The van der Waals surface area contributed by atoms with Crippen LogP contribution in [-0.2, 0) is 27.5 Å². The van der Waals surface area contributed by atoms with Gasteiger partial charge in [-0.05, 0) is 49.4 Å². The van der Waals surface area contributed by atoms with Crippen molar-refractivity contribution in [3.8, 4) is 5.69 Å². The Bertz CT molecular complexity index is 1740. The zero-order chi connectivity index (χ0) is 32.1. The van der Waals surface area contributed by atoms with Gasteiger partial charge >= 0.3 is 6.18 Å². The Labute approximate surface area is 259 Å². The molecule has 2 heterocycles. The third-order valence-corrected chi connectivity index (χ3v) is 9.85. The van der Waals surface area contributed by atoms with Crippen LogP contribution in [0.1, 0.15) is 40.6 Å². The molecule has 0 aliphatic carbocycles. The minimum atomic E-state index is -4.61. The summed E-state index contributed by atoms with van der Waals surface area (Å²) in [6, 6.07) is 9.88. The van der Waals surface area contributed by atoms with Gasteiger partial charge in [0.05, 0.1) is 28.4 Å². The summed E-state index contributed by atoms with van der Waals surface area (Å²) in [5, 5.41) is 22.1. The number of nitrogens with one attached hydrogen (secondary N) is 2. The number of carbonyl (C=O) groups excluding carboxylic acids is 2. The monoisotopic (exact) mass is 668 g/mol. The van der Waals surface area contributed by atoms with Crippen LogP contribution >= 0.6 is 23.1 Å². The largest absolute Gasteiger partial charge is 0.416 e. The highest BCUT2D eigenvalue weighted by atomic mass is 32.2. The molecule has 4 aromatic rings. The predicted molar refractivity (Wildman–Crippen MR) is 158 cm³/mol. The van der Waals surface area contributed by atoms with E-state index in [0.717, 1.165) is 23.9 Å². The number of aryl methyl sites for hydroxylation is 1. The first-order valence-corrected chi connectivity index (χ1v) is 16.3. The standard InChI is InChI=1S/C26H27F3N8O4S3/c1-4-36(5-2)44(40,41)20-11-9-17(10-12-20)23(39)30-14-21-33-35-25(42-15-22(38)31-24-34-32-16(3)43-24)37(21)19-8-6-7-18(13-19)26(27,28)29/h6-13H,4-5,14-15H2,1-3H3,(H,30,39)(H,31,34,38). The van der Waals surface area contributed by atoms with Crippen LogP contribution in [0.2, 0.25) is 0 Å². The van der Waals surface area contributed by atoms with Gasteiger partial charge in [-0.15, -0.1) is 20.4 Å². The van der Waals surface area contributed by atoms with Gasteiger partial charge in [0.1, 0.15) is 5.01 Å². The molecule has 12 nitrogen and oxygen atoms in total. The molecule has 2 N–H and O–H groups in total. The van der Waals surface area contributed by atoms with Crippen LogP contribution in [0.15, 0.2) is 58.6 Å². The molecule has 0 unspecified atom stereocenters. The third-order valence-electron chi connectivity index (χ3n) is 6.10. The molecule has 2 aromatic heterocycles. The van der Waals surface area contributed by atoms with Gasteiger partial charge in [-0.2, -0.15) is 17.5 Å². The van der Waals surface area contributed by atoms with E-state index in [0.29, 0.717) is 23.2 Å². The number of amides is 2. The molecule has 18 heteroatoms. The van der Waals surface area contributed by atoms with Crippen molar-refractivity contribution in [1.82, 2.24) is 34.6 Å². The average Bonchev–Trinajstić information content (AvgIpc) is 3.60. The summed E-state index contributed by atoms with van der Waals surface area (Å²) >= 11 is 2.11. The van der Waals surface area contributed by atoms with Crippen molar-refractivity contribution in [2.24, 2.45) is 0 Å². The summed E-state index contributed by atoms with van der Waals surface area (Å²) in [4.78, 5) is 25.4. The minimum Gasteiger partial charge on any atom is -0.345 e. The van der Waals surface area contributed by atoms with Crippen molar-refractivity contribution in [1.29, 1.82) is 0 Å². The maximum absolute atomic E-state index is 13.5. The topological polar surface area (TPSA) is 152 Å². The zero-order valence-corrected chi connectivity index (χ0v) is 26.1. The Morgan fingerprint density at radius 1 is 1.02 bits per heavy atom. The van der Waals surface area contributed by atoms with Crippen molar-refractivity contribution in [3.05, 3.63) is 70.5 Å². The fraction of sp³-hybridized carbons (Fsp3) is 0.308. The van der Waals surface area contributed by atoms with Crippen LogP contribution in [0, 0.1) is 6.92 Å². The Hall–Kier alpha value is -3.87. The molecule has 0 saturated carbocycles. The van der Waals surface area contributed by atoms with Gasteiger partial charge in [0.2, 0.25) is 21.1 Å². The van der Waals surface area contributed by atoms with E-state index in [1.54, 1.807) is 20.8 Å². The number of rotatable bonds is 12. The van der Waals surface area contributed by atoms with E-state index >= 15 is 0 Å². The van der Waals surface area contributed by atoms with Crippen LogP contribution in [-0.4, -0.2) is 68.3 Å². The van der Waals surface area contributed by atoms with E-state index < -0.39 is 33.6 Å². The normalized spacial score (nSPS) is 12.0. The van der Waals surface area contributed by atoms with Crippen molar-refractivity contribution < 1.29 is 31.2 Å². The second-order valence-corrected chi connectivity index (χ2v) is 13.1. The van der Waals surface area contributed by atoms with Crippen molar-refractivity contribution in [3.63, 3.8) is 0 Å². The van der Waals surface area contributed by atoms with Crippen molar-refractivity contribution in [2.75, 3.05) is 24.2 Å². The molecule has 0 atom stereocenters. The smallest absolute Gasteiger partial charge is 0.345 e. The number of halogens is 3. The Morgan fingerprint density at radius 2 is 1.73 bits per heavy atom. The number of thioether (sulfide) groups is 1. The van der Waals surface area contributed by atoms with E-state index in [2.05, 4.69) is 31.0 Å². The summed E-state index contributed by atoms with van der Waals surface area (Å²) in [6.45, 7) is 5.52. The second-order valence-electron chi connectivity index (χ2n) is 9.04. The van der Waals surface area contributed by atoms with Gasteiger partial charge < -0.3 is 5.32 Å². The molecule has 0 fully saturated rings. The number of alkyl halides is 3. The van der Waals surface area contributed by atoms with Gasteiger partial charge in [-0.3, -0.25) is 19.5 Å². The van der Waals surface area contributed by atoms with E-state index in [1.807, 2.05) is 0 Å². The summed E-state index contributed by atoms with van der Waals surface area (Å²) in [5.41, 5.74) is -0.673. The molecule has 0 aliphatic rings. The maximum Gasteiger partial charge on any atom is 0.416 e. The van der Waals surface area contributed by atoms with E-state index in [1.165, 1.54) is 56.6 Å². The lowest BCUT2D eigenvalue weighted by atomic mass is 10.2. The van der Waals surface area contributed by atoms with E-state index in [9.17, 15) is 31.2 Å².